The van der Waals surface area contributed by atoms with Gasteiger partial charge in [-0.1, -0.05) is 0 Å². The maximum Gasteiger partial charge on any atom is 0.119 e. The molecule has 3 nitrogen and oxygen atoms in total. The van der Waals surface area contributed by atoms with Crippen LogP contribution >= 0.6 is 0 Å². The topological polar surface area (TPSA) is 34.0 Å². The third kappa shape index (κ3) is 3.56. The number of azo groups is 1. The molecule has 0 heterocycles. The van der Waals surface area contributed by atoms with Gasteiger partial charge in [-0.15, -0.1) is 0 Å². The molecular formula is C11H16N2O. The summed E-state index contributed by atoms with van der Waals surface area (Å²) < 4.78 is 5.04. The maximum absolute atomic E-state index is 5.04. The number of hydrogen-bond donors (Lipinski definition) is 0. The van der Waals surface area contributed by atoms with E-state index in [-0.39, 0.29) is 5.54 Å². The molecule has 0 amide bonds. The minimum absolute atomic E-state index is 0.125. The van der Waals surface area contributed by atoms with Crippen LogP contribution in [0.5, 0.6) is 5.75 Å². The molecule has 1 rings (SSSR count). The summed E-state index contributed by atoms with van der Waals surface area (Å²) >= 11 is 0. The van der Waals surface area contributed by atoms with Gasteiger partial charge in [0.1, 0.15) is 5.75 Å². The second-order valence-electron chi connectivity index (χ2n) is 4.07. The van der Waals surface area contributed by atoms with Gasteiger partial charge in [-0.3, -0.25) is 0 Å². The Morgan fingerprint density at radius 2 is 1.64 bits per heavy atom. The molecule has 0 unspecified atom stereocenters. The molecule has 0 atom stereocenters. The predicted octanol–water partition coefficient (Wildman–Crippen LogP) is 3.58. The number of ether oxygens (including phenoxy) is 1. The van der Waals surface area contributed by atoms with Crippen LogP contribution in [0, 0.1) is 0 Å². The fourth-order valence-electron chi connectivity index (χ4n) is 0.857. The second kappa shape index (κ2) is 4.22. The van der Waals surface area contributed by atoms with Crippen LogP contribution in [-0.2, 0) is 0 Å². The van der Waals surface area contributed by atoms with Gasteiger partial charge < -0.3 is 4.74 Å². The highest BCUT2D eigenvalue weighted by atomic mass is 16.5. The van der Waals surface area contributed by atoms with Crippen molar-refractivity contribution in [1.29, 1.82) is 0 Å². The minimum atomic E-state index is -0.125. The van der Waals surface area contributed by atoms with E-state index in [2.05, 4.69) is 10.2 Å². The number of rotatable bonds is 2. The summed E-state index contributed by atoms with van der Waals surface area (Å²) in [7, 11) is 1.64. The highest BCUT2D eigenvalue weighted by Gasteiger charge is 2.06. The van der Waals surface area contributed by atoms with Crippen LogP contribution < -0.4 is 4.74 Å². The van der Waals surface area contributed by atoms with Crippen LogP contribution in [0.1, 0.15) is 20.8 Å². The lowest BCUT2D eigenvalue weighted by Gasteiger charge is -2.08. The van der Waals surface area contributed by atoms with Gasteiger partial charge >= 0.3 is 0 Å². The first-order valence-electron chi connectivity index (χ1n) is 4.58. The first-order chi connectivity index (χ1) is 6.51. The Bertz CT molecular complexity index is 309. The van der Waals surface area contributed by atoms with Crippen molar-refractivity contribution < 1.29 is 4.74 Å². The van der Waals surface area contributed by atoms with Crippen molar-refractivity contribution in [2.45, 2.75) is 26.3 Å². The molecule has 0 radical (unpaired) electrons. The van der Waals surface area contributed by atoms with E-state index in [1.165, 1.54) is 0 Å². The molecule has 1 aromatic carbocycles. The third-order valence-corrected chi connectivity index (χ3v) is 1.54. The lowest BCUT2D eigenvalue weighted by Crippen LogP contribution is -2.07. The fraction of sp³-hybridized carbons (Fsp3) is 0.455. The Labute approximate surface area is 84.8 Å². The monoisotopic (exact) mass is 192 g/mol. The minimum Gasteiger partial charge on any atom is -0.497 e. The highest BCUT2D eigenvalue weighted by Crippen LogP contribution is 2.19. The van der Waals surface area contributed by atoms with Crippen LogP contribution in [0.2, 0.25) is 0 Å². The van der Waals surface area contributed by atoms with Crippen LogP contribution in [0.25, 0.3) is 0 Å². The summed E-state index contributed by atoms with van der Waals surface area (Å²) in [5.41, 5.74) is 0.723. The van der Waals surface area contributed by atoms with Gasteiger partial charge in [-0.25, -0.2) is 0 Å². The Balaban J connectivity index is 2.74. The predicted molar refractivity (Wildman–Crippen MR) is 57.3 cm³/mol. The van der Waals surface area contributed by atoms with Crippen LogP contribution in [0.4, 0.5) is 5.69 Å². The summed E-state index contributed by atoms with van der Waals surface area (Å²) in [5, 5.41) is 8.29. The summed E-state index contributed by atoms with van der Waals surface area (Å²) in [6.45, 7) is 6.04. The Hall–Kier alpha value is -1.38. The molecule has 0 aliphatic carbocycles. The van der Waals surface area contributed by atoms with E-state index in [1.54, 1.807) is 7.11 Å². The molecule has 0 bridgehead atoms. The largest absolute Gasteiger partial charge is 0.497 e. The van der Waals surface area contributed by atoms with Gasteiger partial charge in [-0.05, 0) is 45.0 Å². The standard InChI is InChI=1S/C11H16N2O/c1-11(2,3)13-12-9-5-7-10(14-4)8-6-9/h5-8H,1-4H3. The normalized spacial score (nSPS) is 12.0. The van der Waals surface area contributed by atoms with E-state index >= 15 is 0 Å². The van der Waals surface area contributed by atoms with Crippen LogP contribution in [-0.4, -0.2) is 12.6 Å². The van der Waals surface area contributed by atoms with Crippen molar-refractivity contribution in [1.82, 2.24) is 0 Å². The van der Waals surface area contributed by atoms with Gasteiger partial charge in [0.05, 0.1) is 18.3 Å². The molecule has 0 saturated heterocycles. The Kier molecular flexibility index (Phi) is 3.23. The maximum atomic E-state index is 5.04. The quantitative estimate of drug-likeness (QED) is 0.659. The smallest absolute Gasteiger partial charge is 0.119 e. The molecule has 0 spiro atoms. The van der Waals surface area contributed by atoms with Gasteiger partial charge in [0.25, 0.3) is 0 Å². The molecule has 0 aliphatic rings. The third-order valence-electron chi connectivity index (χ3n) is 1.54. The molecular weight excluding hydrogens is 176 g/mol. The zero-order chi connectivity index (χ0) is 10.6. The molecule has 1 aromatic rings. The first-order valence-corrected chi connectivity index (χ1v) is 4.58. The number of benzene rings is 1. The summed E-state index contributed by atoms with van der Waals surface area (Å²) in [5.74, 6) is 0.833. The molecule has 0 fully saturated rings. The molecule has 14 heavy (non-hydrogen) atoms. The highest BCUT2D eigenvalue weighted by molar-refractivity contribution is 5.40. The van der Waals surface area contributed by atoms with Crippen molar-refractivity contribution in [2.24, 2.45) is 10.2 Å². The zero-order valence-electron chi connectivity index (χ0n) is 9.11. The van der Waals surface area contributed by atoms with Crippen LogP contribution in [0.3, 0.4) is 0 Å². The molecule has 0 aliphatic heterocycles. The van der Waals surface area contributed by atoms with Crippen molar-refractivity contribution in [3.63, 3.8) is 0 Å². The second-order valence-corrected chi connectivity index (χ2v) is 4.07. The Morgan fingerprint density at radius 1 is 1.07 bits per heavy atom. The summed E-state index contributed by atoms with van der Waals surface area (Å²) in [4.78, 5) is 0. The van der Waals surface area contributed by atoms with Gasteiger partial charge in [0, 0.05) is 0 Å². The van der Waals surface area contributed by atoms with Gasteiger partial charge in [-0.2, -0.15) is 10.2 Å². The van der Waals surface area contributed by atoms with Gasteiger partial charge in [0.15, 0.2) is 0 Å². The lowest BCUT2D eigenvalue weighted by molar-refractivity contribution is 0.415. The molecule has 76 valence electrons. The van der Waals surface area contributed by atoms with E-state index < -0.39 is 0 Å². The number of hydrogen-bond acceptors (Lipinski definition) is 3. The number of methoxy groups -OCH3 is 1. The summed E-state index contributed by atoms with van der Waals surface area (Å²) in [6.07, 6.45) is 0. The zero-order valence-corrected chi connectivity index (χ0v) is 9.11. The van der Waals surface area contributed by atoms with E-state index in [4.69, 9.17) is 4.74 Å². The lowest BCUT2D eigenvalue weighted by atomic mass is 10.1. The average Bonchev–Trinajstić information content (AvgIpc) is 2.14. The molecule has 3 heteroatoms. The van der Waals surface area contributed by atoms with E-state index in [0.717, 1.165) is 11.4 Å². The number of nitrogens with zero attached hydrogens (tertiary/aromatic N) is 2. The van der Waals surface area contributed by atoms with Gasteiger partial charge in [0.2, 0.25) is 0 Å². The van der Waals surface area contributed by atoms with E-state index in [0.29, 0.717) is 0 Å². The van der Waals surface area contributed by atoms with Crippen molar-refractivity contribution in [2.75, 3.05) is 7.11 Å². The van der Waals surface area contributed by atoms with Crippen LogP contribution in [0.15, 0.2) is 34.5 Å². The molecule has 0 saturated carbocycles. The van der Waals surface area contributed by atoms with Crippen molar-refractivity contribution in [3.8, 4) is 5.75 Å². The van der Waals surface area contributed by atoms with Crippen molar-refractivity contribution >= 4 is 5.69 Å². The first kappa shape index (κ1) is 10.7. The molecule has 0 N–H and O–H groups in total. The summed E-state index contributed by atoms with van der Waals surface area (Å²) in [6, 6.07) is 7.51. The van der Waals surface area contributed by atoms with Crippen molar-refractivity contribution in [3.05, 3.63) is 24.3 Å². The Morgan fingerprint density at radius 3 is 2.07 bits per heavy atom. The molecule has 0 aromatic heterocycles. The SMILES string of the molecule is COc1ccc(N=NC(C)(C)C)cc1. The van der Waals surface area contributed by atoms with E-state index in [1.807, 2.05) is 45.0 Å². The fourth-order valence-corrected chi connectivity index (χ4v) is 0.857. The average molecular weight is 192 g/mol. The van der Waals surface area contributed by atoms with E-state index in [9.17, 15) is 0 Å².